The number of hydrogen-bond donors (Lipinski definition) is 0. The predicted molar refractivity (Wildman–Crippen MR) is 139 cm³/mol. The van der Waals surface area contributed by atoms with Gasteiger partial charge in [0.1, 0.15) is 17.3 Å². The summed E-state index contributed by atoms with van der Waals surface area (Å²) >= 11 is 0. The van der Waals surface area contributed by atoms with Gasteiger partial charge in [-0.2, -0.15) is 5.10 Å². The molecule has 0 aliphatic carbocycles. The lowest BCUT2D eigenvalue weighted by molar-refractivity contribution is 0.414. The van der Waals surface area contributed by atoms with Crippen LogP contribution in [0.25, 0.3) is 17.0 Å². The van der Waals surface area contributed by atoms with Crippen LogP contribution in [0, 0.1) is 6.92 Å². The number of aromatic nitrogens is 1. The summed E-state index contributed by atoms with van der Waals surface area (Å²) in [5.74, 6) is 2.54. The first-order valence-corrected chi connectivity index (χ1v) is 11.3. The molecule has 1 aliphatic rings. The van der Waals surface area contributed by atoms with Crippen LogP contribution in [0.4, 0.5) is 5.82 Å². The maximum Gasteiger partial charge on any atom is 0.150 e. The number of para-hydroxylation sites is 1. The van der Waals surface area contributed by atoms with Crippen LogP contribution < -0.4 is 14.5 Å². The largest absolute Gasteiger partial charge is 0.497 e. The number of fused-ring (bicyclic) bond motifs is 1. The number of hydrogen-bond acceptors (Lipinski definition) is 5. The zero-order chi connectivity index (χ0) is 23.5. The van der Waals surface area contributed by atoms with E-state index >= 15 is 0 Å². The minimum atomic E-state index is 0.0504. The second-order valence-electron chi connectivity index (χ2n) is 8.35. The van der Waals surface area contributed by atoms with E-state index in [1.54, 1.807) is 14.2 Å². The van der Waals surface area contributed by atoms with E-state index in [0.29, 0.717) is 0 Å². The van der Waals surface area contributed by atoms with Gasteiger partial charge in [0.15, 0.2) is 0 Å². The van der Waals surface area contributed by atoms with E-state index in [0.717, 1.165) is 45.9 Å². The van der Waals surface area contributed by atoms with Gasteiger partial charge in [0.2, 0.25) is 0 Å². The maximum atomic E-state index is 5.36. The lowest BCUT2D eigenvalue weighted by Crippen LogP contribution is -2.19. The minimum Gasteiger partial charge on any atom is -0.497 e. The molecule has 2 heterocycles. The van der Waals surface area contributed by atoms with Crippen LogP contribution in [-0.2, 0) is 0 Å². The molecule has 0 amide bonds. The molecule has 5 heteroatoms. The van der Waals surface area contributed by atoms with Crippen molar-refractivity contribution in [3.8, 4) is 11.5 Å². The molecule has 0 bridgehead atoms. The summed E-state index contributed by atoms with van der Waals surface area (Å²) < 4.78 is 10.6. The number of ether oxygens (including phenoxy) is 2. The fourth-order valence-electron chi connectivity index (χ4n) is 4.29. The van der Waals surface area contributed by atoms with Crippen molar-refractivity contribution in [2.24, 2.45) is 5.10 Å². The highest BCUT2D eigenvalue weighted by atomic mass is 16.5. The summed E-state index contributed by atoms with van der Waals surface area (Å²) in [6, 6.07) is 26.6. The van der Waals surface area contributed by atoms with Gasteiger partial charge in [-0.15, -0.1) is 0 Å². The molecule has 0 saturated heterocycles. The molecule has 1 atom stereocenters. The van der Waals surface area contributed by atoms with Gasteiger partial charge in [-0.25, -0.2) is 9.99 Å². The molecule has 0 N–H and O–H groups in total. The van der Waals surface area contributed by atoms with Crippen LogP contribution in [0.5, 0.6) is 11.5 Å². The Bertz CT molecular complexity index is 1360. The van der Waals surface area contributed by atoms with Crippen LogP contribution in [0.15, 0.2) is 90.0 Å². The number of nitrogens with zero attached hydrogens (tertiary/aromatic N) is 3. The second-order valence-corrected chi connectivity index (χ2v) is 8.35. The van der Waals surface area contributed by atoms with Gasteiger partial charge in [-0.05, 0) is 66.1 Å². The molecule has 170 valence electrons. The molecule has 34 heavy (non-hydrogen) atoms. The number of anilines is 1. The summed E-state index contributed by atoms with van der Waals surface area (Å²) in [4.78, 5) is 4.96. The molecule has 1 aliphatic heterocycles. The van der Waals surface area contributed by atoms with E-state index in [9.17, 15) is 0 Å². The Labute approximate surface area is 200 Å². The first-order chi connectivity index (χ1) is 16.6. The average Bonchev–Trinajstić information content (AvgIpc) is 3.32. The van der Waals surface area contributed by atoms with E-state index in [1.807, 2.05) is 48.5 Å². The van der Waals surface area contributed by atoms with Gasteiger partial charge in [0, 0.05) is 11.8 Å². The number of methoxy groups -OCH3 is 2. The van der Waals surface area contributed by atoms with Crippen molar-refractivity contribution >= 4 is 28.5 Å². The first-order valence-electron chi connectivity index (χ1n) is 11.3. The van der Waals surface area contributed by atoms with Gasteiger partial charge in [0.25, 0.3) is 0 Å². The zero-order valence-corrected chi connectivity index (χ0v) is 19.6. The monoisotopic (exact) mass is 449 g/mol. The Morgan fingerprint density at radius 2 is 1.53 bits per heavy atom. The quantitative estimate of drug-likeness (QED) is 0.333. The Kier molecular flexibility index (Phi) is 6.00. The van der Waals surface area contributed by atoms with Gasteiger partial charge in [-0.1, -0.05) is 48.5 Å². The summed E-state index contributed by atoms with van der Waals surface area (Å²) in [7, 11) is 3.36. The van der Waals surface area contributed by atoms with Crippen molar-refractivity contribution in [1.29, 1.82) is 0 Å². The molecule has 0 fully saturated rings. The summed E-state index contributed by atoms with van der Waals surface area (Å²) in [5, 5.41) is 8.21. The molecule has 1 unspecified atom stereocenters. The average molecular weight is 450 g/mol. The van der Waals surface area contributed by atoms with Crippen LogP contribution in [0.3, 0.4) is 0 Å². The number of rotatable bonds is 6. The van der Waals surface area contributed by atoms with E-state index in [1.165, 1.54) is 11.1 Å². The molecule has 0 spiro atoms. The molecule has 5 nitrogen and oxygen atoms in total. The van der Waals surface area contributed by atoms with Crippen LogP contribution in [0.1, 0.15) is 29.2 Å². The number of hydrazone groups is 1. The highest BCUT2D eigenvalue weighted by Gasteiger charge is 2.29. The molecular formula is C29H27N3O2. The zero-order valence-electron chi connectivity index (χ0n) is 19.6. The highest BCUT2D eigenvalue weighted by Crippen LogP contribution is 2.36. The van der Waals surface area contributed by atoms with Crippen LogP contribution in [-0.4, -0.2) is 24.9 Å². The van der Waals surface area contributed by atoms with Gasteiger partial charge in [-0.3, -0.25) is 0 Å². The minimum absolute atomic E-state index is 0.0504. The van der Waals surface area contributed by atoms with E-state index in [2.05, 4.69) is 54.4 Å². The third-order valence-electron chi connectivity index (χ3n) is 6.16. The van der Waals surface area contributed by atoms with Crippen molar-refractivity contribution in [3.63, 3.8) is 0 Å². The number of aryl methyl sites for hydroxylation is 1. The summed E-state index contributed by atoms with van der Waals surface area (Å²) in [6.45, 7) is 2.13. The van der Waals surface area contributed by atoms with Crippen molar-refractivity contribution in [1.82, 2.24) is 4.98 Å². The second kappa shape index (κ2) is 9.40. The topological polar surface area (TPSA) is 47.0 Å². The van der Waals surface area contributed by atoms with E-state index in [4.69, 9.17) is 19.6 Å². The van der Waals surface area contributed by atoms with Crippen molar-refractivity contribution in [3.05, 3.63) is 102 Å². The lowest BCUT2D eigenvalue weighted by Gasteiger charge is -2.24. The SMILES string of the molecule is COc1ccc(C=CC2=NN(c3cc(C)c4ccccc4n3)C(c3ccc(OC)cc3)C2)cc1. The molecule has 4 aromatic rings. The molecule has 5 rings (SSSR count). The van der Waals surface area contributed by atoms with Crippen LogP contribution in [0.2, 0.25) is 0 Å². The molecular weight excluding hydrogens is 422 g/mol. The summed E-state index contributed by atoms with van der Waals surface area (Å²) in [5.41, 5.74) is 5.44. The lowest BCUT2D eigenvalue weighted by atomic mass is 10.0. The fraction of sp³-hybridized carbons (Fsp3) is 0.172. The third kappa shape index (κ3) is 4.37. The van der Waals surface area contributed by atoms with Crippen LogP contribution >= 0.6 is 0 Å². The molecule has 3 aromatic carbocycles. The summed E-state index contributed by atoms with van der Waals surface area (Å²) in [6.07, 6.45) is 4.96. The highest BCUT2D eigenvalue weighted by molar-refractivity contribution is 6.01. The van der Waals surface area contributed by atoms with Gasteiger partial charge >= 0.3 is 0 Å². The number of allylic oxidation sites excluding steroid dienone is 1. The van der Waals surface area contributed by atoms with E-state index < -0.39 is 0 Å². The smallest absolute Gasteiger partial charge is 0.150 e. The molecule has 0 saturated carbocycles. The van der Waals surface area contributed by atoms with Crippen molar-refractivity contribution in [2.45, 2.75) is 19.4 Å². The number of pyridine rings is 1. The molecule has 0 radical (unpaired) electrons. The third-order valence-corrected chi connectivity index (χ3v) is 6.16. The Morgan fingerprint density at radius 1 is 0.853 bits per heavy atom. The van der Waals surface area contributed by atoms with Crippen molar-refractivity contribution < 1.29 is 9.47 Å². The maximum absolute atomic E-state index is 5.36. The van der Waals surface area contributed by atoms with Gasteiger partial charge < -0.3 is 9.47 Å². The Morgan fingerprint density at radius 3 is 2.24 bits per heavy atom. The number of benzene rings is 3. The Balaban J connectivity index is 1.51. The normalized spacial score (nSPS) is 15.7. The van der Waals surface area contributed by atoms with E-state index in [-0.39, 0.29) is 6.04 Å². The fourth-order valence-corrected chi connectivity index (χ4v) is 4.29. The van der Waals surface area contributed by atoms with Gasteiger partial charge in [0.05, 0.1) is 31.5 Å². The Hall–Kier alpha value is -4.12. The first kappa shape index (κ1) is 21.7. The standard InChI is InChI=1S/C29H27N3O2/c1-20-18-29(30-27-7-5-4-6-26(20)27)32-28(22-11-16-25(34-3)17-12-22)19-23(31-32)13-8-21-9-14-24(33-2)15-10-21/h4-18,28H,19H2,1-3H3. The van der Waals surface area contributed by atoms with Crippen molar-refractivity contribution in [2.75, 3.05) is 19.2 Å². The molecule has 1 aromatic heterocycles. The predicted octanol–water partition coefficient (Wildman–Crippen LogP) is 6.58.